The van der Waals surface area contributed by atoms with Crippen LogP contribution in [0, 0.1) is 5.82 Å². The standard InChI is InChI=1S/C13H15FN2/c1-9(2)16-12(6-7-13(16)15)10-4-3-5-11(14)8-10/h3-9H,15H2,1-2H3. The van der Waals surface area contributed by atoms with Crippen molar-refractivity contribution in [2.45, 2.75) is 19.9 Å². The van der Waals surface area contributed by atoms with Gasteiger partial charge in [-0.15, -0.1) is 0 Å². The molecule has 84 valence electrons. The van der Waals surface area contributed by atoms with Gasteiger partial charge < -0.3 is 10.3 Å². The highest BCUT2D eigenvalue weighted by molar-refractivity contribution is 5.64. The molecule has 0 saturated carbocycles. The molecule has 0 aliphatic heterocycles. The normalized spacial score (nSPS) is 11.0. The van der Waals surface area contributed by atoms with Crippen LogP contribution in [0.4, 0.5) is 10.2 Å². The van der Waals surface area contributed by atoms with E-state index >= 15 is 0 Å². The maximum absolute atomic E-state index is 13.2. The molecule has 0 fully saturated rings. The topological polar surface area (TPSA) is 30.9 Å². The summed E-state index contributed by atoms with van der Waals surface area (Å²) in [5.74, 6) is 0.474. The molecule has 3 heteroatoms. The Morgan fingerprint density at radius 2 is 1.94 bits per heavy atom. The average molecular weight is 218 g/mol. The van der Waals surface area contributed by atoms with E-state index in [1.807, 2.05) is 22.8 Å². The van der Waals surface area contributed by atoms with Crippen LogP contribution >= 0.6 is 0 Å². The summed E-state index contributed by atoms with van der Waals surface area (Å²) in [6.07, 6.45) is 0. The molecule has 0 radical (unpaired) electrons. The van der Waals surface area contributed by atoms with Gasteiger partial charge in [0.2, 0.25) is 0 Å². The first-order valence-electron chi connectivity index (χ1n) is 5.32. The second-order valence-corrected chi connectivity index (χ2v) is 4.12. The van der Waals surface area contributed by atoms with Crippen molar-refractivity contribution in [1.82, 2.24) is 4.57 Å². The van der Waals surface area contributed by atoms with Crippen LogP contribution in [0.5, 0.6) is 0 Å². The molecule has 1 heterocycles. The summed E-state index contributed by atoms with van der Waals surface area (Å²) < 4.78 is 15.1. The number of benzene rings is 1. The molecule has 1 aromatic carbocycles. The van der Waals surface area contributed by atoms with Crippen molar-refractivity contribution >= 4 is 5.82 Å². The summed E-state index contributed by atoms with van der Waals surface area (Å²) in [6.45, 7) is 4.11. The van der Waals surface area contributed by atoms with Crippen molar-refractivity contribution < 1.29 is 4.39 Å². The Hall–Kier alpha value is -1.77. The first-order valence-corrected chi connectivity index (χ1v) is 5.32. The highest BCUT2D eigenvalue weighted by Gasteiger charge is 2.10. The lowest BCUT2D eigenvalue weighted by molar-refractivity contribution is 0.614. The van der Waals surface area contributed by atoms with Gasteiger partial charge in [0.15, 0.2) is 0 Å². The van der Waals surface area contributed by atoms with Crippen LogP contribution < -0.4 is 5.73 Å². The van der Waals surface area contributed by atoms with E-state index < -0.39 is 0 Å². The zero-order chi connectivity index (χ0) is 11.7. The van der Waals surface area contributed by atoms with Crippen LogP contribution in [-0.4, -0.2) is 4.57 Å². The molecule has 0 spiro atoms. The van der Waals surface area contributed by atoms with Crippen molar-refractivity contribution in [2.24, 2.45) is 0 Å². The first-order chi connectivity index (χ1) is 7.59. The molecule has 0 aliphatic rings. The number of rotatable bonds is 2. The lowest BCUT2D eigenvalue weighted by Crippen LogP contribution is -2.06. The minimum atomic E-state index is -0.229. The molecule has 0 amide bonds. The van der Waals surface area contributed by atoms with Crippen LogP contribution in [0.3, 0.4) is 0 Å². The van der Waals surface area contributed by atoms with Crippen molar-refractivity contribution in [3.05, 3.63) is 42.2 Å². The van der Waals surface area contributed by atoms with E-state index in [2.05, 4.69) is 13.8 Å². The number of nitrogen functional groups attached to an aromatic ring is 1. The summed E-state index contributed by atoms with van der Waals surface area (Å²) in [5, 5.41) is 0. The van der Waals surface area contributed by atoms with Gasteiger partial charge in [-0.2, -0.15) is 0 Å². The van der Waals surface area contributed by atoms with E-state index in [-0.39, 0.29) is 11.9 Å². The molecule has 0 unspecified atom stereocenters. The smallest absolute Gasteiger partial charge is 0.123 e. The quantitative estimate of drug-likeness (QED) is 0.822. The van der Waals surface area contributed by atoms with Crippen LogP contribution in [0.1, 0.15) is 19.9 Å². The van der Waals surface area contributed by atoms with Crippen molar-refractivity contribution in [3.8, 4) is 11.3 Å². The molecule has 0 atom stereocenters. The van der Waals surface area contributed by atoms with E-state index in [0.717, 1.165) is 11.3 Å². The second kappa shape index (κ2) is 4.00. The monoisotopic (exact) mass is 218 g/mol. The lowest BCUT2D eigenvalue weighted by Gasteiger charge is -2.15. The van der Waals surface area contributed by atoms with Crippen LogP contribution in [0.25, 0.3) is 11.3 Å². The van der Waals surface area contributed by atoms with Gasteiger partial charge in [-0.25, -0.2) is 4.39 Å². The van der Waals surface area contributed by atoms with Crippen molar-refractivity contribution in [3.63, 3.8) is 0 Å². The molecule has 16 heavy (non-hydrogen) atoms. The van der Waals surface area contributed by atoms with Crippen LogP contribution in [-0.2, 0) is 0 Å². The fourth-order valence-electron chi connectivity index (χ4n) is 1.92. The number of nitrogens with zero attached hydrogens (tertiary/aromatic N) is 1. The van der Waals surface area contributed by atoms with Gasteiger partial charge in [-0.05, 0) is 38.1 Å². The summed E-state index contributed by atoms with van der Waals surface area (Å²) in [4.78, 5) is 0. The Kier molecular flexibility index (Phi) is 2.69. The number of aromatic nitrogens is 1. The van der Waals surface area contributed by atoms with E-state index in [1.54, 1.807) is 6.07 Å². The molecular weight excluding hydrogens is 203 g/mol. The van der Waals surface area contributed by atoms with Crippen molar-refractivity contribution in [2.75, 3.05) is 5.73 Å². The summed E-state index contributed by atoms with van der Waals surface area (Å²) in [6, 6.07) is 10.6. The molecule has 2 aromatic rings. The average Bonchev–Trinajstić information content (AvgIpc) is 2.60. The number of nitrogens with two attached hydrogens (primary N) is 1. The molecule has 2 rings (SSSR count). The largest absolute Gasteiger partial charge is 0.385 e. The SMILES string of the molecule is CC(C)n1c(N)ccc1-c1cccc(F)c1. The number of halogens is 1. The molecule has 0 saturated heterocycles. The van der Waals surface area contributed by atoms with Gasteiger partial charge >= 0.3 is 0 Å². The molecule has 0 bridgehead atoms. The van der Waals surface area contributed by atoms with E-state index in [4.69, 9.17) is 5.73 Å². The van der Waals surface area contributed by atoms with E-state index in [0.29, 0.717) is 5.82 Å². The summed E-state index contributed by atoms with van der Waals surface area (Å²) in [7, 11) is 0. The molecule has 0 aliphatic carbocycles. The van der Waals surface area contributed by atoms with Gasteiger partial charge in [0.1, 0.15) is 11.6 Å². The van der Waals surface area contributed by atoms with Crippen LogP contribution in [0.15, 0.2) is 36.4 Å². The van der Waals surface area contributed by atoms with Gasteiger partial charge in [-0.3, -0.25) is 0 Å². The van der Waals surface area contributed by atoms with Crippen molar-refractivity contribution in [1.29, 1.82) is 0 Å². The van der Waals surface area contributed by atoms with E-state index in [9.17, 15) is 4.39 Å². The zero-order valence-electron chi connectivity index (χ0n) is 9.44. The van der Waals surface area contributed by atoms with Gasteiger partial charge in [0.05, 0.1) is 5.69 Å². The summed E-state index contributed by atoms with van der Waals surface area (Å²) >= 11 is 0. The zero-order valence-corrected chi connectivity index (χ0v) is 9.44. The predicted molar refractivity (Wildman–Crippen MR) is 64.6 cm³/mol. The third-order valence-corrected chi connectivity index (χ3v) is 2.59. The van der Waals surface area contributed by atoms with Gasteiger partial charge in [-0.1, -0.05) is 12.1 Å². The third-order valence-electron chi connectivity index (χ3n) is 2.59. The molecule has 2 N–H and O–H groups in total. The fraction of sp³-hybridized carbons (Fsp3) is 0.231. The maximum Gasteiger partial charge on any atom is 0.123 e. The number of hydrogen-bond acceptors (Lipinski definition) is 1. The second-order valence-electron chi connectivity index (χ2n) is 4.12. The molecule has 1 aromatic heterocycles. The first kappa shape index (κ1) is 10.7. The molecule has 2 nitrogen and oxygen atoms in total. The predicted octanol–water partition coefficient (Wildman–Crippen LogP) is 3.46. The Morgan fingerprint density at radius 3 is 2.56 bits per heavy atom. The summed E-state index contributed by atoms with van der Waals surface area (Å²) in [5.41, 5.74) is 7.69. The lowest BCUT2D eigenvalue weighted by atomic mass is 10.1. The Balaban J connectivity index is 2.56. The highest BCUT2D eigenvalue weighted by atomic mass is 19.1. The number of anilines is 1. The highest BCUT2D eigenvalue weighted by Crippen LogP contribution is 2.27. The minimum absolute atomic E-state index is 0.229. The number of hydrogen-bond donors (Lipinski definition) is 1. The van der Waals surface area contributed by atoms with Gasteiger partial charge in [0, 0.05) is 11.6 Å². The third kappa shape index (κ3) is 1.81. The van der Waals surface area contributed by atoms with E-state index in [1.165, 1.54) is 12.1 Å². The minimum Gasteiger partial charge on any atom is -0.385 e. The Labute approximate surface area is 94.5 Å². The van der Waals surface area contributed by atoms with Gasteiger partial charge in [0.25, 0.3) is 0 Å². The fourth-order valence-corrected chi connectivity index (χ4v) is 1.92. The maximum atomic E-state index is 13.2. The Morgan fingerprint density at radius 1 is 1.19 bits per heavy atom. The molecular formula is C13H15FN2. The van der Waals surface area contributed by atoms with Crippen LogP contribution in [0.2, 0.25) is 0 Å². The Bertz CT molecular complexity index is 500.